The fraction of sp³-hybridized carbons (Fsp3) is 0.909. The van der Waals surface area contributed by atoms with E-state index in [1.807, 2.05) is 6.92 Å². The van der Waals surface area contributed by atoms with Gasteiger partial charge in [0.25, 0.3) is 0 Å². The molecule has 0 saturated heterocycles. The van der Waals surface area contributed by atoms with Crippen LogP contribution in [0.5, 0.6) is 0 Å². The van der Waals surface area contributed by atoms with Crippen LogP contribution in [0, 0.1) is 5.92 Å². The minimum absolute atomic E-state index is 0.0471. The van der Waals surface area contributed by atoms with Crippen LogP contribution in [0.25, 0.3) is 0 Å². The highest BCUT2D eigenvalue weighted by atomic mass is 16.4. The Labute approximate surface area is 90.7 Å². The molecule has 0 aliphatic heterocycles. The van der Waals surface area contributed by atoms with Crippen LogP contribution in [-0.2, 0) is 4.79 Å². The van der Waals surface area contributed by atoms with Gasteiger partial charge in [-0.15, -0.1) is 0 Å². The van der Waals surface area contributed by atoms with Crippen LogP contribution in [0.4, 0.5) is 0 Å². The van der Waals surface area contributed by atoms with Crippen LogP contribution < -0.4 is 5.32 Å². The van der Waals surface area contributed by atoms with Crippen molar-refractivity contribution in [3.05, 3.63) is 0 Å². The largest absolute Gasteiger partial charge is 0.481 e. The molecule has 3 N–H and O–H groups in total. The van der Waals surface area contributed by atoms with Crippen LogP contribution in [-0.4, -0.2) is 34.4 Å². The van der Waals surface area contributed by atoms with E-state index in [4.69, 9.17) is 5.11 Å². The van der Waals surface area contributed by atoms with Crippen molar-refractivity contribution in [3.63, 3.8) is 0 Å². The monoisotopic (exact) mass is 215 g/mol. The lowest BCUT2D eigenvalue weighted by molar-refractivity contribution is -0.146. The summed E-state index contributed by atoms with van der Waals surface area (Å²) in [6.45, 7) is 4.30. The minimum atomic E-state index is -0.728. The molecule has 1 rings (SSSR count). The molecular formula is C11H21NO3. The lowest BCUT2D eigenvalue weighted by Gasteiger charge is -2.36. The first-order valence-electron chi connectivity index (χ1n) is 5.65. The Morgan fingerprint density at radius 2 is 2.20 bits per heavy atom. The Morgan fingerprint density at radius 1 is 1.53 bits per heavy atom. The van der Waals surface area contributed by atoms with Crippen LogP contribution in [0.15, 0.2) is 0 Å². The lowest BCUT2D eigenvalue weighted by Crippen LogP contribution is -2.52. The van der Waals surface area contributed by atoms with Crippen LogP contribution in [0.2, 0.25) is 0 Å². The summed E-state index contributed by atoms with van der Waals surface area (Å²) < 4.78 is 0. The molecule has 3 unspecified atom stereocenters. The molecule has 0 aromatic heterocycles. The predicted molar refractivity (Wildman–Crippen MR) is 57.7 cm³/mol. The van der Waals surface area contributed by atoms with E-state index in [2.05, 4.69) is 5.32 Å². The van der Waals surface area contributed by atoms with Crippen LogP contribution >= 0.6 is 0 Å². The zero-order chi connectivity index (χ0) is 11.5. The summed E-state index contributed by atoms with van der Waals surface area (Å²) in [7, 11) is 0. The highest BCUT2D eigenvalue weighted by Gasteiger charge is 2.37. The molecule has 0 amide bonds. The number of hydrogen-bond donors (Lipinski definition) is 3. The van der Waals surface area contributed by atoms with E-state index in [1.165, 1.54) is 0 Å². The second-order valence-electron chi connectivity index (χ2n) is 4.76. The second-order valence-corrected chi connectivity index (χ2v) is 4.76. The number of aliphatic carboxylic acids is 1. The molecule has 4 heteroatoms. The molecular weight excluding hydrogens is 194 g/mol. The van der Waals surface area contributed by atoms with Gasteiger partial charge in [-0.25, -0.2) is 0 Å². The number of carboxylic acid groups (broad SMARTS) is 1. The van der Waals surface area contributed by atoms with Gasteiger partial charge in [-0.3, -0.25) is 4.79 Å². The van der Waals surface area contributed by atoms with E-state index in [0.29, 0.717) is 6.54 Å². The average molecular weight is 215 g/mol. The van der Waals surface area contributed by atoms with E-state index < -0.39 is 11.6 Å². The quantitative estimate of drug-likeness (QED) is 0.618. The summed E-state index contributed by atoms with van der Waals surface area (Å²) >= 11 is 0. The van der Waals surface area contributed by atoms with Gasteiger partial charge in [-0.2, -0.15) is 0 Å². The number of nitrogens with one attached hydrogen (secondary N) is 1. The molecule has 0 heterocycles. The second kappa shape index (κ2) is 4.94. The van der Waals surface area contributed by atoms with Gasteiger partial charge in [0, 0.05) is 12.6 Å². The molecule has 1 fully saturated rings. The molecule has 1 aliphatic carbocycles. The maximum Gasteiger partial charge on any atom is 0.308 e. The Morgan fingerprint density at radius 3 is 2.60 bits per heavy atom. The number of carboxylic acids is 1. The van der Waals surface area contributed by atoms with Gasteiger partial charge < -0.3 is 15.5 Å². The minimum Gasteiger partial charge on any atom is -0.481 e. The third-order valence-electron chi connectivity index (χ3n) is 3.13. The van der Waals surface area contributed by atoms with E-state index in [1.54, 1.807) is 6.92 Å². The summed E-state index contributed by atoms with van der Waals surface area (Å²) in [6.07, 6.45) is 3.33. The predicted octanol–water partition coefficient (Wildman–Crippen LogP) is 0.990. The average Bonchev–Trinajstić information content (AvgIpc) is 2.00. The van der Waals surface area contributed by atoms with Gasteiger partial charge in [0.15, 0.2) is 0 Å². The van der Waals surface area contributed by atoms with E-state index in [9.17, 15) is 9.90 Å². The Hall–Kier alpha value is -0.610. The normalized spacial score (nSPS) is 29.3. The van der Waals surface area contributed by atoms with Gasteiger partial charge in [-0.05, 0) is 26.2 Å². The molecule has 0 spiro atoms. The Balaban J connectivity index is 2.28. The van der Waals surface area contributed by atoms with Crippen molar-refractivity contribution < 1.29 is 15.0 Å². The fourth-order valence-electron chi connectivity index (χ4n) is 2.02. The van der Waals surface area contributed by atoms with Gasteiger partial charge >= 0.3 is 5.97 Å². The number of rotatable bonds is 6. The van der Waals surface area contributed by atoms with Gasteiger partial charge in [-0.1, -0.05) is 13.3 Å². The zero-order valence-electron chi connectivity index (χ0n) is 9.49. The number of carbonyl (C=O) groups is 1. The van der Waals surface area contributed by atoms with Gasteiger partial charge in [0.05, 0.1) is 11.5 Å². The maximum atomic E-state index is 10.7. The van der Waals surface area contributed by atoms with Crippen molar-refractivity contribution in [3.8, 4) is 0 Å². The summed E-state index contributed by atoms with van der Waals surface area (Å²) in [5.41, 5.74) is -0.715. The van der Waals surface area contributed by atoms with Gasteiger partial charge in [0.1, 0.15) is 0 Å². The first-order chi connectivity index (χ1) is 6.96. The molecule has 88 valence electrons. The summed E-state index contributed by atoms with van der Waals surface area (Å²) in [6, 6.07) is 0.0471. The standard InChI is InChI=1S/C11H21NO3/c1-3-6-11(2,15)7-12-9-5-4-8(9)10(13)14/h8-9,12,15H,3-7H2,1-2H3,(H,13,14). The van der Waals surface area contributed by atoms with Crippen molar-refractivity contribution in [2.75, 3.05) is 6.54 Å². The molecule has 0 aromatic carbocycles. The first kappa shape index (κ1) is 12.5. The molecule has 1 saturated carbocycles. The summed E-state index contributed by atoms with van der Waals surface area (Å²) in [5, 5.41) is 21.9. The van der Waals surface area contributed by atoms with Crippen molar-refractivity contribution in [2.45, 2.75) is 51.2 Å². The lowest BCUT2D eigenvalue weighted by atomic mass is 9.79. The molecule has 15 heavy (non-hydrogen) atoms. The van der Waals surface area contributed by atoms with Crippen molar-refractivity contribution in [1.29, 1.82) is 0 Å². The molecule has 0 radical (unpaired) electrons. The van der Waals surface area contributed by atoms with E-state index in [0.717, 1.165) is 25.7 Å². The van der Waals surface area contributed by atoms with Crippen molar-refractivity contribution in [2.24, 2.45) is 5.92 Å². The Bertz CT molecular complexity index is 228. The molecule has 1 aliphatic rings. The molecule has 0 bridgehead atoms. The van der Waals surface area contributed by atoms with E-state index >= 15 is 0 Å². The third kappa shape index (κ3) is 3.47. The number of aliphatic hydroxyl groups is 1. The number of hydrogen-bond acceptors (Lipinski definition) is 3. The van der Waals surface area contributed by atoms with E-state index in [-0.39, 0.29) is 12.0 Å². The highest BCUT2D eigenvalue weighted by Crippen LogP contribution is 2.28. The SMILES string of the molecule is CCCC(C)(O)CNC1CCC1C(=O)O. The zero-order valence-corrected chi connectivity index (χ0v) is 9.49. The smallest absolute Gasteiger partial charge is 0.308 e. The first-order valence-corrected chi connectivity index (χ1v) is 5.65. The third-order valence-corrected chi connectivity index (χ3v) is 3.13. The van der Waals surface area contributed by atoms with Gasteiger partial charge in [0.2, 0.25) is 0 Å². The fourth-order valence-corrected chi connectivity index (χ4v) is 2.02. The van der Waals surface area contributed by atoms with Crippen molar-refractivity contribution >= 4 is 5.97 Å². The molecule has 3 atom stereocenters. The Kier molecular flexibility index (Phi) is 4.11. The van der Waals surface area contributed by atoms with Crippen LogP contribution in [0.1, 0.15) is 39.5 Å². The maximum absolute atomic E-state index is 10.7. The molecule has 4 nitrogen and oxygen atoms in total. The topological polar surface area (TPSA) is 69.6 Å². The summed E-state index contributed by atoms with van der Waals surface area (Å²) in [4.78, 5) is 10.7. The molecule has 0 aromatic rings. The highest BCUT2D eigenvalue weighted by molar-refractivity contribution is 5.72. The summed E-state index contributed by atoms with van der Waals surface area (Å²) in [5.74, 6) is -0.990. The van der Waals surface area contributed by atoms with Crippen molar-refractivity contribution in [1.82, 2.24) is 5.32 Å². The van der Waals surface area contributed by atoms with Crippen LogP contribution in [0.3, 0.4) is 0 Å².